The number of ether oxygens (including phenoxy) is 1. The van der Waals surface area contributed by atoms with Gasteiger partial charge in [-0.3, -0.25) is 4.31 Å². The van der Waals surface area contributed by atoms with Gasteiger partial charge in [-0.1, -0.05) is 0 Å². The summed E-state index contributed by atoms with van der Waals surface area (Å²) in [4.78, 5) is -0.358. The first-order valence-corrected chi connectivity index (χ1v) is 10.8. The number of fused-ring (bicyclic) bond motifs is 1. The second-order valence-electron chi connectivity index (χ2n) is 6.21. The molecule has 2 aromatic rings. The Morgan fingerprint density at radius 1 is 1.04 bits per heavy atom. The molecule has 3 rings (SSSR count). The van der Waals surface area contributed by atoms with Crippen LogP contribution in [0.5, 0.6) is 5.75 Å². The van der Waals surface area contributed by atoms with E-state index in [2.05, 4.69) is 4.74 Å². The minimum absolute atomic E-state index is 0.133. The topological polar surface area (TPSA) is 107 Å². The molecule has 0 aromatic heterocycles. The molecule has 1 atom stereocenters. The minimum Gasteiger partial charge on any atom is -0.406 e. The van der Waals surface area contributed by atoms with Gasteiger partial charge in [-0.2, -0.15) is 0 Å². The highest BCUT2D eigenvalue weighted by Gasteiger charge is 2.37. The van der Waals surface area contributed by atoms with Gasteiger partial charge < -0.3 is 4.74 Å². The van der Waals surface area contributed by atoms with Crippen molar-refractivity contribution in [1.82, 2.24) is 0 Å². The highest BCUT2D eigenvalue weighted by molar-refractivity contribution is 7.93. The van der Waals surface area contributed by atoms with E-state index in [1.54, 1.807) is 6.92 Å². The number of primary sulfonamides is 1. The number of hydrogen-bond acceptors (Lipinski definition) is 5. The molecule has 152 valence electrons. The van der Waals surface area contributed by atoms with E-state index in [1.165, 1.54) is 18.2 Å². The quantitative estimate of drug-likeness (QED) is 0.792. The second kappa shape index (κ2) is 6.64. The summed E-state index contributed by atoms with van der Waals surface area (Å²) < 4.78 is 90.6. The van der Waals surface area contributed by atoms with Crippen LogP contribution in [-0.4, -0.2) is 29.2 Å². The molecular weight excluding hydrogens is 421 g/mol. The van der Waals surface area contributed by atoms with E-state index in [1.807, 2.05) is 0 Å². The monoisotopic (exact) mass is 436 g/mol. The van der Waals surface area contributed by atoms with Gasteiger partial charge in [0.1, 0.15) is 5.75 Å². The van der Waals surface area contributed by atoms with Crippen LogP contribution in [0.4, 0.5) is 18.9 Å². The van der Waals surface area contributed by atoms with E-state index in [9.17, 15) is 30.0 Å². The molecule has 1 aliphatic rings. The number of hydrogen-bond donors (Lipinski definition) is 1. The molecule has 1 aliphatic heterocycles. The normalized spacial score (nSPS) is 17.5. The third kappa shape index (κ3) is 3.93. The van der Waals surface area contributed by atoms with Gasteiger partial charge in [0.2, 0.25) is 10.0 Å². The Morgan fingerprint density at radius 3 is 2.14 bits per heavy atom. The summed E-state index contributed by atoms with van der Waals surface area (Å²) in [6, 6.07) is 7.18. The third-order valence-electron chi connectivity index (χ3n) is 4.15. The minimum atomic E-state index is -4.89. The van der Waals surface area contributed by atoms with Crippen LogP contribution < -0.4 is 14.2 Å². The number of halogens is 3. The van der Waals surface area contributed by atoms with Crippen LogP contribution in [0.1, 0.15) is 12.5 Å². The SMILES string of the molecule is CC1Cc2cc(S(N)(=O)=O)ccc2N1S(=O)(=O)c1ccc(OC(F)(F)F)cc1. The van der Waals surface area contributed by atoms with Crippen LogP contribution in [0.2, 0.25) is 0 Å². The molecule has 1 unspecified atom stereocenters. The van der Waals surface area contributed by atoms with E-state index in [4.69, 9.17) is 5.14 Å². The van der Waals surface area contributed by atoms with E-state index >= 15 is 0 Å². The summed E-state index contributed by atoms with van der Waals surface area (Å²) in [6.45, 7) is 1.63. The molecule has 0 radical (unpaired) electrons. The molecule has 0 bridgehead atoms. The second-order valence-corrected chi connectivity index (χ2v) is 9.59. The summed E-state index contributed by atoms with van der Waals surface area (Å²) in [5.41, 5.74) is 0.773. The summed E-state index contributed by atoms with van der Waals surface area (Å²) in [5.74, 6) is -0.542. The third-order valence-corrected chi connectivity index (χ3v) is 7.00. The lowest BCUT2D eigenvalue weighted by atomic mass is 10.1. The van der Waals surface area contributed by atoms with Crippen molar-refractivity contribution in [3.05, 3.63) is 48.0 Å². The van der Waals surface area contributed by atoms with Crippen LogP contribution in [0, 0.1) is 0 Å². The van der Waals surface area contributed by atoms with Crippen molar-refractivity contribution in [2.24, 2.45) is 5.14 Å². The molecule has 0 fully saturated rings. The lowest BCUT2D eigenvalue weighted by Crippen LogP contribution is -2.35. The van der Waals surface area contributed by atoms with E-state index < -0.39 is 38.2 Å². The first-order chi connectivity index (χ1) is 12.8. The number of anilines is 1. The fourth-order valence-corrected chi connectivity index (χ4v) is 5.31. The van der Waals surface area contributed by atoms with Crippen LogP contribution in [0.25, 0.3) is 0 Å². The van der Waals surface area contributed by atoms with Gasteiger partial charge >= 0.3 is 6.36 Å². The van der Waals surface area contributed by atoms with E-state index in [-0.39, 0.29) is 21.9 Å². The fraction of sp³-hybridized carbons (Fsp3) is 0.250. The van der Waals surface area contributed by atoms with E-state index in [0.717, 1.165) is 28.6 Å². The largest absolute Gasteiger partial charge is 0.573 e. The lowest BCUT2D eigenvalue weighted by molar-refractivity contribution is -0.274. The summed E-state index contributed by atoms with van der Waals surface area (Å²) >= 11 is 0. The Labute approximate surface area is 159 Å². The van der Waals surface area contributed by atoms with Crippen LogP contribution in [0.3, 0.4) is 0 Å². The van der Waals surface area contributed by atoms with Crippen LogP contribution in [0.15, 0.2) is 52.3 Å². The molecule has 28 heavy (non-hydrogen) atoms. The maximum absolute atomic E-state index is 13.0. The zero-order valence-corrected chi connectivity index (χ0v) is 16.0. The highest BCUT2D eigenvalue weighted by atomic mass is 32.2. The molecule has 2 N–H and O–H groups in total. The Hall–Kier alpha value is -2.31. The van der Waals surface area contributed by atoms with Crippen molar-refractivity contribution < 1.29 is 34.7 Å². The maximum Gasteiger partial charge on any atom is 0.573 e. The molecule has 12 heteroatoms. The predicted molar refractivity (Wildman–Crippen MR) is 93.8 cm³/mol. The maximum atomic E-state index is 13.0. The van der Waals surface area contributed by atoms with Crippen molar-refractivity contribution in [2.75, 3.05) is 4.31 Å². The molecule has 0 aliphatic carbocycles. The Balaban J connectivity index is 1.97. The summed E-state index contributed by atoms with van der Waals surface area (Å²) in [6.07, 6.45) is -4.63. The van der Waals surface area contributed by atoms with Crippen molar-refractivity contribution in [3.63, 3.8) is 0 Å². The molecule has 1 heterocycles. The highest BCUT2D eigenvalue weighted by Crippen LogP contribution is 2.38. The number of rotatable bonds is 4. The van der Waals surface area contributed by atoms with E-state index in [0.29, 0.717) is 5.56 Å². The predicted octanol–water partition coefficient (Wildman–Crippen LogP) is 2.37. The zero-order valence-electron chi connectivity index (χ0n) is 14.3. The average Bonchev–Trinajstić information content (AvgIpc) is 2.88. The van der Waals surface area contributed by atoms with Gasteiger partial charge in [-0.25, -0.2) is 22.0 Å². The number of sulfonamides is 2. The Bertz CT molecular complexity index is 1110. The summed E-state index contributed by atoms with van der Waals surface area (Å²) in [7, 11) is -8.03. The van der Waals surface area contributed by atoms with Gasteiger partial charge in [0.25, 0.3) is 10.0 Å². The first-order valence-electron chi connectivity index (χ1n) is 7.85. The van der Waals surface area contributed by atoms with Crippen LogP contribution >= 0.6 is 0 Å². The standard InChI is InChI=1S/C16H15F3N2O5S2/c1-10-8-11-9-14(27(20,22)23)6-7-15(11)21(10)28(24,25)13-4-2-12(3-5-13)26-16(17,18)19/h2-7,9-10H,8H2,1H3,(H2,20,22,23). The van der Waals surface area contributed by atoms with Crippen molar-refractivity contribution in [2.45, 2.75) is 35.5 Å². The zero-order chi connectivity index (χ0) is 20.9. The van der Waals surface area contributed by atoms with Gasteiger partial charge in [-0.05, 0) is 61.4 Å². The van der Waals surface area contributed by atoms with Gasteiger partial charge in [0.15, 0.2) is 0 Å². The molecule has 0 spiro atoms. The fourth-order valence-electron chi connectivity index (χ4n) is 3.05. The first kappa shape index (κ1) is 20.4. The number of nitrogens with two attached hydrogens (primary N) is 1. The molecule has 0 saturated carbocycles. The lowest BCUT2D eigenvalue weighted by Gasteiger charge is -2.24. The van der Waals surface area contributed by atoms with Crippen molar-refractivity contribution in [1.29, 1.82) is 0 Å². The van der Waals surface area contributed by atoms with Gasteiger partial charge in [0, 0.05) is 6.04 Å². The Morgan fingerprint density at radius 2 is 1.61 bits per heavy atom. The number of alkyl halides is 3. The Kier molecular flexibility index (Phi) is 4.84. The van der Waals surface area contributed by atoms with Crippen LogP contribution in [-0.2, 0) is 26.5 Å². The van der Waals surface area contributed by atoms with Gasteiger partial charge in [0.05, 0.1) is 15.5 Å². The number of nitrogens with zero attached hydrogens (tertiary/aromatic N) is 1. The van der Waals surface area contributed by atoms with Gasteiger partial charge in [-0.15, -0.1) is 13.2 Å². The molecular formula is C16H15F3N2O5S2. The molecule has 2 aromatic carbocycles. The molecule has 7 nitrogen and oxygen atoms in total. The number of benzene rings is 2. The summed E-state index contributed by atoms with van der Waals surface area (Å²) in [5, 5.41) is 5.10. The molecule has 0 amide bonds. The van der Waals surface area contributed by atoms with Crippen molar-refractivity contribution in [3.8, 4) is 5.75 Å². The average molecular weight is 436 g/mol. The smallest absolute Gasteiger partial charge is 0.406 e. The molecule has 0 saturated heterocycles. The van der Waals surface area contributed by atoms with Crippen molar-refractivity contribution >= 4 is 25.7 Å².